The van der Waals surface area contributed by atoms with Crippen molar-refractivity contribution in [1.29, 1.82) is 0 Å². The van der Waals surface area contributed by atoms with Gasteiger partial charge in [0.15, 0.2) is 5.78 Å². The van der Waals surface area contributed by atoms with Gasteiger partial charge in [-0.1, -0.05) is 38.3 Å². The highest BCUT2D eigenvalue weighted by molar-refractivity contribution is 6.07. The van der Waals surface area contributed by atoms with E-state index in [0.717, 1.165) is 19.3 Å². The Morgan fingerprint density at radius 1 is 1.39 bits per heavy atom. The van der Waals surface area contributed by atoms with Crippen molar-refractivity contribution in [3.63, 3.8) is 0 Å². The molecule has 0 aliphatic heterocycles. The summed E-state index contributed by atoms with van der Waals surface area (Å²) in [5.74, 6) is -0.381. The number of carbonyl (C=O) groups excluding carboxylic acids is 2. The zero-order chi connectivity index (χ0) is 13.4. The number of rotatable bonds is 7. The molecular weight excluding hydrogens is 228 g/mol. The maximum atomic E-state index is 11.9. The van der Waals surface area contributed by atoms with Gasteiger partial charge in [-0.2, -0.15) is 0 Å². The Labute approximate surface area is 110 Å². The summed E-state index contributed by atoms with van der Waals surface area (Å²) >= 11 is 0. The summed E-state index contributed by atoms with van der Waals surface area (Å²) in [5.41, 5.74) is -0.973. The first-order valence-corrected chi connectivity index (χ1v) is 6.97. The number of carbonyl (C=O) groups is 2. The first-order chi connectivity index (χ1) is 8.67. The fourth-order valence-corrected chi connectivity index (χ4v) is 2.51. The lowest BCUT2D eigenvalue weighted by Gasteiger charge is -2.19. The zero-order valence-electron chi connectivity index (χ0n) is 11.5. The quantitative estimate of drug-likeness (QED) is 0.302. The van der Waals surface area contributed by atoms with Gasteiger partial charge in [-0.05, 0) is 25.7 Å². The Bertz CT molecular complexity index is 320. The second-order valence-electron chi connectivity index (χ2n) is 4.99. The van der Waals surface area contributed by atoms with E-state index in [2.05, 4.69) is 6.92 Å². The highest BCUT2D eigenvalue weighted by atomic mass is 16.5. The Hall–Kier alpha value is -1.12. The SMILES string of the molecule is CCCCCC/C=C/C1(C(=O)OC)CCCC1=O. The molecule has 102 valence electrons. The summed E-state index contributed by atoms with van der Waals surface area (Å²) in [6.45, 7) is 2.18. The molecule has 0 spiro atoms. The lowest BCUT2D eigenvalue weighted by molar-refractivity contribution is -0.153. The molecule has 0 saturated heterocycles. The predicted molar refractivity (Wildman–Crippen MR) is 71.2 cm³/mol. The highest BCUT2D eigenvalue weighted by Crippen LogP contribution is 2.37. The van der Waals surface area contributed by atoms with Crippen LogP contribution in [0.1, 0.15) is 58.3 Å². The van der Waals surface area contributed by atoms with Gasteiger partial charge >= 0.3 is 5.97 Å². The van der Waals surface area contributed by atoms with E-state index in [4.69, 9.17) is 4.74 Å². The molecule has 3 nitrogen and oxygen atoms in total. The van der Waals surface area contributed by atoms with E-state index < -0.39 is 11.4 Å². The van der Waals surface area contributed by atoms with Crippen LogP contribution in [-0.4, -0.2) is 18.9 Å². The van der Waals surface area contributed by atoms with E-state index >= 15 is 0 Å². The molecule has 0 aromatic rings. The lowest BCUT2D eigenvalue weighted by atomic mass is 9.84. The first kappa shape index (κ1) is 14.9. The number of methoxy groups -OCH3 is 1. The number of hydrogen-bond acceptors (Lipinski definition) is 3. The van der Waals surface area contributed by atoms with E-state index in [-0.39, 0.29) is 5.78 Å². The van der Waals surface area contributed by atoms with Crippen LogP contribution < -0.4 is 0 Å². The van der Waals surface area contributed by atoms with Gasteiger partial charge in [0.25, 0.3) is 0 Å². The maximum Gasteiger partial charge on any atom is 0.323 e. The smallest absolute Gasteiger partial charge is 0.323 e. The Morgan fingerprint density at radius 3 is 2.72 bits per heavy atom. The van der Waals surface area contributed by atoms with Crippen molar-refractivity contribution in [3.8, 4) is 0 Å². The average Bonchev–Trinajstić information content (AvgIpc) is 2.75. The number of esters is 1. The molecule has 0 radical (unpaired) electrons. The number of allylic oxidation sites excluding steroid dienone is 1. The molecule has 0 aromatic carbocycles. The van der Waals surface area contributed by atoms with Crippen LogP contribution in [0.2, 0.25) is 0 Å². The normalized spacial score (nSPS) is 23.8. The lowest BCUT2D eigenvalue weighted by Crippen LogP contribution is -2.34. The topological polar surface area (TPSA) is 43.4 Å². The Morgan fingerprint density at radius 2 is 2.17 bits per heavy atom. The zero-order valence-corrected chi connectivity index (χ0v) is 11.5. The van der Waals surface area contributed by atoms with E-state index in [1.165, 1.54) is 26.4 Å². The van der Waals surface area contributed by atoms with Crippen LogP contribution >= 0.6 is 0 Å². The van der Waals surface area contributed by atoms with Crippen LogP contribution in [0.4, 0.5) is 0 Å². The second-order valence-corrected chi connectivity index (χ2v) is 4.99. The summed E-state index contributed by atoms with van der Waals surface area (Å²) < 4.78 is 4.79. The summed E-state index contributed by atoms with van der Waals surface area (Å²) in [5, 5.41) is 0. The molecule has 3 heteroatoms. The monoisotopic (exact) mass is 252 g/mol. The molecule has 1 saturated carbocycles. The molecule has 1 aliphatic rings. The molecule has 0 N–H and O–H groups in total. The molecule has 0 amide bonds. The third-order valence-electron chi connectivity index (χ3n) is 3.65. The molecule has 1 aliphatic carbocycles. The standard InChI is InChI=1S/C15H24O3/c1-3-4-5-6-7-8-11-15(14(17)18-2)12-9-10-13(15)16/h8,11H,3-7,9-10,12H2,1-2H3/b11-8+. The van der Waals surface area contributed by atoms with Crippen molar-refractivity contribution < 1.29 is 14.3 Å². The van der Waals surface area contributed by atoms with Gasteiger partial charge in [-0.15, -0.1) is 0 Å². The van der Waals surface area contributed by atoms with Gasteiger partial charge in [0.2, 0.25) is 0 Å². The average molecular weight is 252 g/mol. The van der Waals surface area contributed by atoms with Gasteiger partial charge in [0.05, 0.1) is 7.11 Å². The largest absolute Gasteiger partial charge is 0.468 e. The van der Waals surface area contributed by atoms with Crippen molar-refractivity contribution in [2.45, 2.75) is 58.3 Å². The Kier molecular flexibility index (Phi) is 6.10. The molecule has 0 heterocycles. The van der Waals surface area contributed by atoms with Gasteiger partial charge in [0.1, 0.15) is 5.41 Å². The number of ether oxygens (including phenoxy) is 1. The van der Waals surface area contributed by atoms with Crippen molar-refractivity contribution in [3.05, 3.63) is 12.2 Å². The van der Waals surface area contributed by atoms with Crippen LogP contribution in [0.15, 0.2) is 12.2 Å². The molecular formula is C15H24O3. The van der Waals surface area contributed by atoms with Crippen LogP contribution in [-0.2, 0) is 14.3 Å². The van der Waals surface area contributed by atoms with E-state index in [9.17, 15) is 9.59 Å². The molecule has 0 aromatic heterocycles. The van der Waals surface area contributed by atoms with Crippen molar-refractivity contribution in [2.75, 3.05) is 7.11 Å². The van der Waals surface area contributed by atoms with Crippen LogP contribution in [0.3, 0.4) is 0 Å². The molecule has 1 atom stereocenters. The Balaban J connectivity index is 2.55. The minimum atomic E-state index is -0.973. The minimum absolute atomic E-state index is 0.0131. The predicted octanol–water partition coefficient (Wildman–Crippen LogP) is 3.43. The summed E-state index contributed by atoms with van der Waals surface area (Å²) in [6.07, 6.45) is 11.4. The molecule has 1 rings (SSSR count). The number of ketones is 1. The second kappa shape index (κ2) is 7.34. The molecule has 1 fully saturated rings. The fraction of sp³-hybridized carbons (Fsp3) is 0.733. The van der Waals surface area contributed by atoms with Crippen molar-refractivity contribution in [1.82, 2.24) is 0 Å². The fourth-order valence-electron chi connectivity index (χ4n) is 2.51. The van der Waals surface area contributed by atoms with Crippen molar-refractivity contribution in [2.24, 2.45) is 5.41 Å². The number of Topliss-reactive ketones (excluding diaryl/α,β-unsaturated/α-hetero) is 1. The first-order valence-electron chi connectivity index (χ1n) is 6.97. The highest BCUT2D eigenvalue weighted by Gasteiger charge is 2.47. The summed E-state index contributed by atoms with van der Waals surface area (Å²) in [7, 11) is 1.35. The summed E-state index contributed by atoms with van der Waals surface area (Å²) in [4.78, 5) is 23.7. The maximum absolute atomic E-state index is 11.9. The number of unbranched alkanes of at least 4 members (excludes halogenated alkanes) is 4. The summed E-state index contributed by atoms with van der Waals surface area (Å²) in [6, 6.07) is 0. The van der Waals surface area contributed by atoms with E-state index in [1.807, 2.05) is 6.08 Å². The van der Waals surface area contributed by atoms with Gasteiger partial charge in [-0.3, -0.25) is 9.59 Å². The van der Waals surface area contributed by atoms with Gasteiger partial charge in [0, 0.05) is 6.42 Å². The van der Waals surface area contributed by atoms with E-state index in [1.54, 1.807) is 6.08 Å². The van der Waals surface area contributed by atoms with Crippen LogP contribution in [0.5, 0.6) is 0 Å². The molecule has 1 unspecified atom stereocenters. The third-order valence-corrected chi connectivity index (χ3v) is 3.65. The van der Waals surface area contributed by atoms with Gasteiger partial charge < -0.3 is 4.74 Å². The minimum Gasteiger partial charge on any atom is -0.468 e. The third kappa shape index (κ3) is 3.44. The molecule has 0 bridgehead atoms. The van der Waals surface area contributed by atoms with Crippen molar-refractivity contribution >= 4 is 11.8 Å². The van der Waals surface area contributed by atoms with E-state index in [0.29, 0.717) is 12.8 Å². The van der Waals surface area contributed by atoms with Gasteiger partial charge in [-0.25, -0.2) is 0 Å². The van der Waals surface area contributed by atoms with Crippen LogP contribution in [0, 0.1) is 5.41 Å². The number of hydrogen-bond donors (Lipinski definition) is 0. The molecule has 18 heavy (non-hydrogen) atoms. The van der Waals surface area contributed by atoms with Crippen LogP contribution in [0.25, 0.3) is 0 Å².